The molecular weight excluding hydrogens is 225 g/mol. The average molecular weight is 244 g/mol. The van der Waals surface area contributed by atoms with Crippen molar-refractivity contribution < 1.29 is 4.39 Å². The molecular formula is C13H19ClFN. The van der Waals surface area contributed by atoms with Gasteiger partial charge < -0.3 is 5.73 Å². The fraction of sp³-hybridized carbons (Fsp3) is 0.538. The molecule has 0 saturated heterocycles. The van der Waals surface area contributed by atoms with E-state index in [2.05, 4.69) is 13.8 Å². The lowest BCUT2D eigenvalue weighted by molar-refractivity contribution is 0.493. The van der Waals surface area contributed by atoms with Crippen molar-refractivity contribution in [3.63, 3.8) is 0 Å². The smallest absolute Gasteiger partial charge is 0.129 e. The first-order chi connectivity index (χ1) is 7.52. The second-order valence-electron chi connectivity index (χ2n) is 4.57. The first-order valence-corrected chi connectivity index (χ1v) is 6.09. The van der Waals surface area contributed by atoms with Crippen LogP contribution in [0.2, 0.25) is 5.02 Å². The molecule has 1 rings (SSSR count). The average Bonchev–Trinajstić information content (AvgIpc) is 2.16. The van der Waals surface area contributed by atoms with Crippen LogP contribution in [0.1, 0.15) is 44.7 Å². The van der Waals surface area contributed by atoms with Crippen LogP contribution in [0, 0.1) is 11.7 Å². The normalized spacial score (nSPS) is 13.1. The number of nitrogens with two attached hydrogens (primary N) is 1. The molecule has 0 radical (unpaired) electrons. The molecule has 0 heterocycles. The second kappa shape index (κ2) is 6.21. The molecule has 0 aliphatic heterocycles. The van der Waals surface area contributed by atoms with E-state index in [4.69, 9.17) is 17.3 Å². The topological polar surface area (TPSA) is 26.0 Å². The zero-order chi connectivity index (χ0) is 12.1. The summed E-state index contributed by atoms with van der Waals surface area (Å²) in [5.41, 5.74) is 6.41. The number of hydrogen-bond acceptors (Lipinski definition) is 1. The zero-order valence-corrected chi connectivity index (χ0v) is 10.6. The monoisotopic (exact) mass is 243 g/mol. The highest BCUT2D eigenvalue weighted by atomic mass is 35.5. The van der Waals surface area contributed by atoms with E-state index in [-0.39, 0.29) is 11.9 Å². The Morgan fingerprint density at radius 3 is 2.56 bits per heavy atom. The summed E-state index contributed by atoms with van der Waals surface area (Å²) in [6.45, 7) is 4.34. The molecule has 0 fully saturated rings. The molecule has 16 heavy (non-hydrogen) atoms. The maximum absolute atomic E-state index is 13.5. The summed E-state index contributed by atoms with van der Waals surface area (Å²) in [6.07, 6.45) is 2.89. The van der Waals surface area contributed by atoms with Crippen molar-refractivity contribution in [2.75, 3.05) is 0 Å². The summed E-state index contributed by atoms with van der Waals surface area (Å²) in [6, 6.07) is 4.39. The molecule has 90 valence electrons. The third-order valence-electron chi connectivity index (χ3n) is 2.67. The highest BCUT2D eigenvalue weighted by Gasteiger charge is 2.14. The van der Waals surface area contributed by atoms with Crippen LogP contribution in [-0.4, -0.2) is 0 Å². The molecule has 0 aliphatic rings. The van der Waals surface area contributed by atoms with E-state index >= 15 is 0 Å². The Labute approximate surface area is 102 Å². The predicted octanol–water partition coefficient (Wildman–Crippen LogP) is 4.31. The Hall–Kier alpha value is -0.600. The molecule has 1 aromatic rings. The quantitative estimate of drug-likeness (QED) is 0.820. The Bertz CT molecular complexity index is 318. The van der Waals surface area contributed by atoms with Crippen molar-refractivity contribution in [1.29, 1.82) is 0 Å². The summed E-state index contributed by atoms with van der Waals surface area (Å²) >= 11 is 5.95. The molecule has 1 unspecified atom stereocenters. The lowest BCUT2D eigenvalue weighted by atomic mass is 9.98. The van der Waals surface area contributed by atoms with Crippen LogP contribution in [0.3, 0.4) is 0 Å². The van der Waals surface area contributed by atoms with Gasteiger partial charge in [0.15, 0.2) is 0 Å². The maximum Gasteiger partial charge on any atom is 0.129 e. The lowest BCUT2D eigenvalue weighted by Crippen LogP contribution is -2.13. The third kappa shape index (κ3) is 3.76. The standard InChI is InChI=1S/C13H19ClFN/c1-9(2)5-3-8-12(16)13-10(14)6-4-7-11(13)15/h4,6-7,9,12H,3,5,8,16H2,1-2H3. The minimum atomic E-state index is -0.301. The van der Waals surface area contributed by atoms with Crippen LogP contribution in [0.5, 0.6) is 0 Å². The van der Waals surface area contributed by atoms with Crippen molar-refractivity contribution in [3.8, 4) is 0 Å². The van der Waals surface area contributed by atoms with Crippen molar-refractivity contribution in [2.45, 2.75) is 39.2 Å². The van der Waals surface area contributed by atoms with Crippen molar-refractivity contribution in [2.24, 2.45) is 11.7 Å². The molecule has 0 saturated carbocycles. The SMILES string of the molecule is CC(C)CCCC(N)c1c(F)cccc1Cl. The van der Waals surface area contributed by atoms with Crippen LogP contribution < -0.4 is 5.73 Å². The second-order valence-corrected chi connectivity index (χ2v) is 4.97. The molecule has 1 nitrogen and oxygen atoms in total. The number of rotatable bonds is 5. The van der Waals surface area contributed by atoms with Gasteiger partial charge in [0, 0.05) is 16.6 Å². The zero-order valence-electron chi connectivity index (χ0n) is 9.84. The van der Waals surface area contributed by atoms with E-state index in [0.29, 0.717) is 16.5 Å². The minimum absolute atomic E-state index is 0.299. The van der Waals surface area contributed by atoms with Crippen LogP contribution in [0.15, 0.2) is 18.2 Å². The van der Waals surface area contributed by atoms with Gasteiger partial charge in [0.25, 0.3) is 0 Å². The van der Waals surface area contributed by atoms with Crippen LogP contribution in [0.4, 0.5) is 4.39 Å². The predicted molar refractivity (Wildman–Crippen MR) is 67.0 cm³/mol. The van der Waals surface area contributed by atoms with E-state index in [9.17, 15) is 4.39 Å². The summed E-state index contributed by atoms with van der Waals surface area (Å²) in [4.78, 5) is 0. The van der Waals surface area contributed by atoms with E-state index in [1.165, 1.54) is 6.07 Å². The fourth-order valence-electron chi connectivity index (χ4n) is 1.76. The number of halogens is 2. The molecule has 2 N–H and O–H groups in total. The summed E-state index contributed by atoms with van der Waals surface area (Å²) in [5.74, 6) is 0.354. The van der Waals surface area contributed by atoms with Gasteiger partial charge in [0.05, 0.1) is 0 Å². The first kappa shape index (κ1) is 13.5. The van der Waals surface area contributed by atoms with E-state index in [1.807, 2.05) is 0 Å². The largest absolute Gasteiger partial charge is 0.324 e. The van der Waals surface area contributed by atoms with Gasteiger partial charge in [-0.3, -0.25) is 0 Å². The van der Waals surface area contributed by atoms with Gasteiger partial charge >= 0.3 is 0 Å². The van der Waals surface area contributed by atoms with Crippen molar-refractivity contribution >= 4 is 11.6 Å². The van der Waals surface area contributed by atoms with Gasteiger partial charge in [0.1, 0.15) is 5.82 Å². The van der Waals surface area contributed by atoms with Crippen LogP contribution in [0.25, 0.3) is 0 Å². The molecule has 0 aromatic heterocycles. The van der Waals surface area contributed by atoms with E-state index < -0.39 is 0 Å². The molecule has 0 amide bonds. The van der Waals surface area contributed by atoms with Crippen molar-refractivity contribution in [1.82, 2.24) is 0 Å². The Kier molecular flexibility index (Phi) is 5.23. The van der Waals surface area contributed by atoms with Gasteiger partial charge in [-0.1, -0.05) is 44.4 Å². The highest BCUT2D eigenvalue weighted by molar-refractivity contribution is 6.31. The molecule has 0 spiro atoms. The lowest BCUT2D eigenvalue weighted by Gasteiger charge is -2.15. The Balaban J connectivity index is 2.62. The van der Waals surface area contributed by atoms with E-state index in [0.717, 1.165) is 19.3 Å². The highest BCUT2D eigenvalue weighted by Crippen LogP contribution is 2.27. The molecule has 1 atom stereocenters. The van der Waals surface area contributed by atoms with E-state index in [1.54, 1.807) is 12.1 Å². The van der Waals surface area contributed by atoms with Crippen LogP contribution in [-0.2, 0) is 0 Å². The van der Waals surface area contributed by atoms with Gasteiger partial charge in [-0.25, -0.2) is 4.39 Å². The Morgan fingerprint density at radius 2 is 2.00 bits per heavy atom. The molecule has 1 aromatic carbocycles. The number of hydrogen-bond donors (Lipinski definition) is 1. The maximum atomic E-state index is 13.5. The van der Waals surface area contributed by atoms with Gasteiger partial charge in [-0.05, 0) is 24.5 Å². The molecule has 3 heteroatoms. The summed E-state index contributed by atoms with van der Waals surface area (Å²) in [5, 5.41) is 0.428. The third-order valence-corrected chi connectivity index (χ3v) is 3.00. The number of benzene rings is 1. The summed E-state index contributed by atoms with van der Waals surface area (Å²) in [7, 11) is 0. The fourth-order valence-corrected chi connectivity index (χ4v) is 2.06. The first-order valence-electron chi connectivity index (χ1n) is 5.72. The minimum Gasteiger partial charge on any atom is -0.324 e. The van der Waals surface area contributed by atoms with Crippen LogP contribution >= 0.6 is 11.6 Å². The van der Waals surface area contributed by atoms with Crippen molar-refractivity contribution in [3.05, 3.63) is 34.6 Å². The Morgan fingerprint density at radius 1 is 1.31 bits per heavy atom. The summed E-state index contributed by atoms with van der Waals surface area (Å²) < 4.78 is 13.5. The van der Waals surface area contributed by atoms with Gasteiger partial charge in [0.2, 0.25) is 0 Å². The molecule has 0 bridgehead atoms. The van der Waals surface area contributed by atoms with Gasteiger partial charge in [-0.15, -0.1) is 0 Å². The van der Waals surface area contributed by atoms with Gasteiger partial charge in [-0.2, -0.15) is 0 Å². The molecule has 0 aliphatic carbocycles.